The third kappa shape index (κ3) is 4.40. The molecule has 4 N–H and O–H groups in total. The van der Waals surface area contributed by atoms with Gasteiger partial charge in [-0.1, -0.05) is 17.7 Å². The fourth-order valence-electron chi connectivity index (χ4n) is 2.84. The van der Waals surface area contributed by atoms with E-state index in [1.165, 1.54) is 13.0 Å². The molecule has 0 radical (unpaired) electrons. The van der Waals surface area contributed by atoms with Gasteiger partial charge < -0.3 is 16.2 Å². The van der Waals surface area contributed by atoms with E-state index in [4.69, 9.17) is 17.3 Å². The molecule has 1 aromatic heterocycles. The monoisotopic (exact) mass is 399 g/mol. The van der Waals surface area contributed by atoms with Crippen molar-refractivity contribution in [1.82, 2.24) is 4.98 Å². The third-order valence-electron chi connectivity index (χ3n) is 4.21. The lowest BCUT2D eigenvalue weighted by Gasteiger charge is -2.13. The number of nitrogen functional groups attached to an aromatic ring is 1. The Bertz CT molecular complexity index is 1040. The summed E-state index contributed by atoms with van der Waals surface area (Å²) in [6, 6.07) is 13.2. The van der Waals surface area contributed by atoms with Gasteiger partial charge in [-0.3, -0.25) is 4.79 Å². The smallest absolute Gasteiger partial charge is 0.134 e. The molecule has 0 aliphatic heterocycles. The molecule has 0 spiro atoms. The minimum atomic E-state index is -0.663. The van der Waals surface area contributed by atoms with Gasteiger partial charge in [0.2, 0.25) is 0 Å². The highest BCUT2D eigenvalue weighted by atomic mass is 35.5. The Morgan fingerprint density at radius 2 is 1.96 bits per heavy atom. The van der Waals surface area contributed by atoms with E-state index < -0.39 is 6.67 Å². The SMILES string of the molecule is CC(=O)Cc1ccc(-c2cc(Nc3ccc(Cl)cc3CF)ccc2O)nc1N. The third-order valence-corrected chi connectivity index (χ3v) is 4.45. The van der Waals surface area contributed by atoms with Crippen molar-refractivity contribution < 1.29 is 14.3 Å². The number of benzene rings is 2. The summed E-state index contributed by atoms with van der Waals surface area (Å²) in [5.74, 6) is 0.253. The Kier molecular flexibility index (Phi) is 5.80. The molecule has 28 heavy (non-hydrogen) atoms. The largest absolute Gasteiger partial charge is 0.507 e. The number of phenols is 1. The van der Waals surface area contributed by atoms with Crippen LogP contribution >= 0.6 is 11.6 Å². The minimum absolute atomic E-state index is 0.0121. The van der Waals surface area contributed by atoms with Gasteiger partial charge in [-0.25, -0.2) is 9.37 Å². The zero-order valence-electron chi connectivity index (χ0n) is 15.2. The molecule has 2 aromatic carbocycles. The predicted molar refractivity (Wildman–Crippen MR) is 110 cm³/mol. The van der Waals surface area contributed by atoms with E-state index in [1.807, 2.05) is 0 Å². The van der Waals surface area contributed by atoms with E-state index in [0.29, 0.717) is 38.8 Å². The van der Waals surface area contributed by atoms with Gasteiger partial charge in [0.25, 0.3) is 0 Å². The van der Waals surface area contributed by atoms with Crippen LogP contribution in [0.15, 0.2) is 48.5 Å². The molecule has 0 bridgehead atoms. The van der Waals surface area contributed by atoms with Crippen LogP contribution in [0.1, 0.15) is 18.1 Å². The van der Waals surface area contributed by atoms with Crippen molar-refractivity contribution in [3.63, 3.8) is 0 Å². The van der Waals surface area contributed by atoms with Gasteiger partial charge >= 0.3 is 0 Å². The summed E-state index contributed by atoms with van der Waals surface area (Å²) in [5, 5.41) is 13.8. The quantitative estimate of drug-likeness (QED) is 0.505. The fraction of sp³-hybridized carbons (Fsp3) is 0.143. The van der Waals surface area contributed by atoms with Crippen LogP contribution in [0, 0.1) is 0 Å². The molecule has 144 valence electrons. The second-order valence-corrected chi connectivity index (χ2v) is 6.85. The van der Waals surface area contributed by atoms with Crippen molar-refractivity contribution in [2.45, 2.75) is 20.0 Å². The number of pyridine rings is 1. The summed E-state index contributed by atoms with van der Waals surface area (Å²) in [4.78, 5) is 15.6. The van der Waals surface area contributed by atoms with Gasteiger partial charge in [-0.05, 0) is 49.4 Å². The van der Waals surface area contributed by atoms with Crippen LogP contribution in [0.3, 0.4) is 0 Å². The molecule has 0 fully saturated rings. The zero-order chi connectivity index (χ0) is 20.3. The topological polar surface area (TPSA) is 88.2 Å². The van der Waals surface area contributed by atoms with E-state index in [-0.39, 0.29) is 23.8 Å². The molecular formula is C21H19ClFN3O2. The van der Waals surface area contributed by atoms with Crippen LogP contribution < -0.4 is 11.1 Å². The summed E-state index contributed by atoms with van der Waals surface area (Å²) in [6.45, 7) is 0.820. The summed E-state index contributed by atoms with van der Waals surface area (Å²) in [7, 11) is 0. The lowest BCUT2D eigenvalue weighted by molar-refractivity contribution is -0.116. The molecule has 0 unspecified atom stereocenters. The molecule has 0 atom stereocenters. The first kappa shape index (κ1) is 19.6. The number of halogens is 2. The van der Waals surface area contributed by atoms with Crippen LogP contribution in [0.2, 0.25) is 5.02 Å². The van der Waals surface area contributed by atoms with Gasteiger partial charge in [-0.15, -0.1) is 0 Å². The number of nitrogens with one attached hydrogen (secondary N) is 1. The highest BCUT2D eigenvalue weighted by molar-refractivity contribution is 6.30. The number of carbonyl (C=O) groups excluding carboxylic acids is 1. The Morgan fingerprint density at radius 3 is 2.64 bits per heavy atom. The molecule has 3 rings (SSSR count). The molecular weight excluding hydrogens is 381 g/mol. The van der Waals surface area contributed by atoms with Gasteiger partial charge in [0.15, 0.2) is 0 Å². The summed E-state index contributed by atoms with van der Waals surface area (Å²) in [6.07, 6.45) is 0.204. The van der Waals surface area contributed by atoms with Crippen LogP contribution in [0.5, 0.6) is 5.75 Å². The Balaban J connectivity index is 1.94. The first-order valence-corrected chi connectivity index (χ1v) is 8.95. The van der Waals surface area contributed by atoms with E-state index in [0.717, 1.165) is 0 Å². The van der Waals surface area contributed by atoms with E-state index in [2.05, 4.69) is 10.3 Å². The van der Waals surface area contributed by atoms with E-state index in [1.54, 1.807) is 42.5 Å². The molecule has 7 heteroatoms. The number of nitrogens with two attached hydrogens (primary N) is 1. The maximum atomic E-state index is 13.3. The number of anilines is 3. The van der Waals surface area contributed by atoms with Crippen molar-refractivity contribution in [3.05, 3.63) is 64.7 Å². The summed E-state index contributed by atoms with van der Waals surface area (Å²) < 4.78 is 13.3. The highest BCUT2D eigenvalue weighted by Gasteiger charge is 2.12. The number of rotatable bonds is 6. The number of hydrogen-bond acceptors (Lipinski definition) is 5. The van der Waals surface area contributed by atoms with Crippen molar-refractivity contribution in [1.29, 1.82) is 0 Å². The van der Waals surface area contributed by atoms with Crippen LogP contribution in [0.4, 0.5) is 21.6 Å². The number of ketones is 1. The molecule has 0 amide bonds. The Morgan fingerprint density at radius 1 is 1.18 bits per heavy atom. The highest BCUT2D eigenvalue weighted by Crippen LogP contribution is 2.33. The average Bonchev–Trinajstić information content (AvgIpc) is 2.66. The Hall–Kier alpha value is -3.12. The summed E-state index contributed by atoms with van der Waals surface area (Å²) >= 11 is 5.91. The van der Waals surface area contributed by atoms with Crippen LogP contribution in [-0.4, -0.2) is 15.9 Å². The fourth-order valence-corrected chi connectivity index (χ4v) is 3.04. The molecule has 3 aromatic rings. The number of Topliss-reactive ketones (excluding diaryl/α,β-unsaturated/α-hetero) is 1. The van der Waals surface area contributed by atoms with Crippen LogP contribution in [-0.2, 0) is 17.9 Å². The first-order chi connectivity index (χ1) is 13.4. The van der Waals surface area contributed by atoms with E-state index in [9.17, 15) is 14.3 Å². The molecule has 0 saturated heterocycles. The predicted octanol–water partition coefficient (Wildman–Crippen LogP) is 5.03. The second-order valence-electron chi connectivity index (χ2n) is 6.41. The molecule has 0 aliphatic rings. The standard InChI is InChI=1S/C21H19ClFN3O2/c1-12(27)8-13-2-5-19(26-21(13)24)17-10-16(4-7-20(17)28)25-18-6-3-15(22)9-14(18)11-23/h2-7,9-10,25,28H,8,11H2,1H3,(H2,24,26). The number of hydrogen-bond donors (Lipinski definition) is 3. The number of carbonyl (C=O) groups is 1. The van der Waals surface area contributed by atoms with Gasteiger partial charge in [0.1, 0.15) is 24.0 Å². The lowest BCUT2D eigenvalue weighted by Crippen LogP contribution is -2.04. The lowest BCUT2D eigenvalue weighted by atomic mass is 10.1. The van der Waals surface area contributed by atoms with E-state index >= 15 is 0 Å². The van der Waals surface area contributed by atoms with Crippen molar-refractivity contribution in [2.24, 2.45) is 0 Å². The second kappa shape index (κ2) is 8.27. The molecule has 5 nitrogen and oxygen atoms in total. The first-order valence-electron chi connectivity index (χ1n) is 8.57. The summed E-state index contributed by atoms with van der Waals surface area (Å²) in [5.41, 5.74) is 9.16. The number of phenolic OH excluding ortho intramolecular Hbond substituents is 1. The number of nitrogens with zero attached hydrogens (tertiary/aromatic N) is 1. The average molecular weight is 400 g/mol. The normalized spacial score (nSPS) is 10.7. The molecule has 1 heterocycles. The van der Waals surface area contributed by atoms with Crippen molar-refractivity contribution in [3.8, 4) is 17.0 Å². The van der Waals surface area contributed by atoms with Gasteiger partial charge in [-0.2, -0.15) is 0 Å². The molecule has 0 saturated carbocycles. The Labute approximate surface area is 167 Å². The zero-order valence-corrected chi connectivity index (χ0v) is 15.9. The van der Waals surface area contributed by atoms with Gasteiger partial charge in [0, 0.05) is 39.5 Å². The van der Waals surface area contributed by atoms with Crippen LogP contribution in [0.25, 0.3) is 11.3 Å². The van der Waals surface area contributed by atoms with Crippen molar-refractivity contribution >= 4 is 34.6 Å². The maximum absolute atomic E-state index is 13.3. The maximum Gasteiger partial charge on any atom is 0.134 e. The number of alkyl halides is 1. The van der Waals surface area contributed by atoms with Gasteiger partial charge in [0.05, 0.1) is 5.69 Å². The number of aromatic hydroxyl groups is 1. The van der Waals surface area contributed by atoms with Crippen molar-refractivity contribution in [2.75, 3.05) is 11.1 Å². The minimum Gasteiger partial charge on any atom is -0.507 e. The molecule has 0 aliphatic carbocycles. The number of aromatic nitrogens is 1.